The molecule has 2 aliphatic rings. The third-order valence-corrected chi connectivity index (χ3v) is 5.36. The smallest absolute Gasteiger partial charge is 0.229 e. The number of rotatable bonds is 4. The second kappa shape index (κ2) is 8.02. The molecule has 6 nitrogen and oxygen atoms in total. The average molecular weight is 379 g/mol. The second-order valence-electron chi connectivity index (χ2n) is 7.35. The van der Waals surface area contributed by atoms with Gasteiger partial charge in [-0.3, -0.25) is 9.59 Å². The number of morpholine rings is 1. The minimum Gasteiger partial charge on any atom is -0.378 e. The topological polar surface area (TPSA) is 61.9 Å². The predicted octanol–water partition coefficient (Wildman–Crippen LogP) is 2.82. The van der Waals surface area contributed by atoms with Crippen molar-refractivity contribution in [1.29, 1.82) is 0 Å². The minimum absolute atomic E-state index is 0.00883. The van der Waals surface area contributed by atoms with Gasteiger partial charge in [0.05, 0.1) is 30.5 Å². The van der Waals surface area contributed by atoms with Crippen molar-refractivity contribution >= 4 is 28.9 Å². The monoisotopic (exact) mass is 379 g/mol. The molecule has 0 aliphatic carbocycles. The summed E-state index contributed by atoms with van der Waals surface area (Å²) < 4.78 is 5.42. The Labute approximate surface area is 165 Å². The number of hydrogen-bond donors (Lipinski definition) is 1. The molecule has 2 aromatic rings. The zero-order valence-corrected chi connectivity index (χ0v) is 16.1. The van der Waals surface area contributed by atoms with Crippen LogP contribution in [-0.2, 0) is 14.3 Å². The molecule has 4 rings (SSSR count). The Morgan fingerprint density at radius 2 is 1.79 bits per heavy atom. The van der Waals surface area contributed by atoms with Gasteiger partial charge in [-0.15, -0.1) is 0 Å². The molecule has 6 heteroatoms. The first-order chi connectivity index (χ1) is 13.6. The van der Waals surface area contributed by atoms with Gasteiger partial charge >= 0.3 is 0 Å². The van der Waals surface area contributed by atoms with E-state index in [1.54, 1.807) is 4.90 Å². The van der Waals surface area contributed by atoms with Gasteiger partial charge in [0.2, 0.25) is 11.8 Å². The fraction of sp³-hybridized carbons (Fsp3) is 0.364. The minimum atomic E-state index is -0.355. The number of para-hydroxylation sites is 2. The van der Waals surface area contributed by atoms with E-state index < -0.39 is 0 Å². The van der Waals surface area contributed by atoms with Crippen molar-refractivity contribution < 1.29 is 14.3 Å². The lowest BCUT2D eigenvalue weighted by molar-refractivity contribution is -0.122. The van der Waals surface area contributed by atoms with E-state index >= 15 is 0 Å². The van der Waals surface area contributed by atoms with Crippen LogP contribution >= 0.6 is 0 Å². The molecule has 2 aliphatic heterocycles. The standard InChI is InChI=1S/C22H25N3O3/c1-16-6-8-18(9-7-16)25-15-17(14-21(25)26)22(27)23-19-4-2-3-5-20(19)24-10-12-28-13-11-24/h2-9,17H,10-15H2,1H3,(H,23,27)/t17-/m1/s1. The van der Waals surface area contributed by atoms with Crippen LogP contribution in [0, 0.1) is 12.8 Å². The van der Waals surface area contributed by atoms with Gasteiger partial charge in [0.1, 0.15) is 0 Å². The van der Waals surface area contributed by atoms with Crippen molar-refractivity contribution in [2.75, 3.05) is 48.0 Å². The highest BCUT2D eigenvalue weighted by molar-refractivity contribution is 6.04. The van der Waals surface area contributed by atoms with Gasteiger partial charge in [-0.25, -0.2) is 0 Å². The number of nitrogens with one attached hydrogen (secondary N) is 1. The first kappa shape index (κ1) is 18.5. The van der Waals surface area contributed by atoms with Crippen LogP contribution in [0.2, 0.25) is 0 Å². The Kier molecular flexibility index (Phi) is 5.30. The molecule has 2 amide bonds. The van der Waals surface area contributed by atoms with Gasteiger partial charge in [0.25, 0.3) is 0 Å². The van der Waals surface area contributed by atoms with Crippen LogP contribution in [0.3, 0.4) is 0 Å². The molecule has 0 spiro atoms. The van der Waals surface area contributed by atoms with E-state index in [-0.39, 0.29) is 24.2 Å². The van der Waals surface area contributed by atoms with E-state index in [4.69, 9.17) is 4.74 Å². The van der Waals surface area contributed by atoms with Gasteiger partial charge in [-0.2, -0.15) is 0 Å². The summed E-state index contributed by atoms with van der Waals surface area (Å²) in [7, 11) is 0. The number of benzene rings is 2. The number of amides is 2. The normalized spacial score (nSPS) is 19.8. The maximum atomic E-state index is 12.9. The van der Waals surface area contributed by atoms with Crippen LogP contribution in [0.4, 0.5) is 17.1 Å². The van der Waals surface area contributed by atoms with Crippen molar-refractivity contribution in [2.45, 2.75) is 13.3 Å². The Hall–Kier alpha value is -2.86. The molecule has 0 radical (unpaired) electrons. The van der Waals surface area contributed by atoms with Crippen LogP contribution < -0.4 is 15.1 Å². The third kappa shape index (κ3) is 3.87. The maximum absolute atomic E-state index is 12.9. The van der Waals surface area contributed by atoms with Crippen LogP contribution in [0.25, 0.3) is 0 Å². The SMILES string of the molecule is Cc1ccc(N2C[C@H](C(=O)Nc3ccccc3N3CCOCC3)CC2=O)cc1. The van der Waals surface area contributed by atoms with Crippen molar-refractivity contribution in [3.05, 3.63) is 54.1 Å². The number of nitrogens with zero attached hydrogens (tertiary/aromatic N) is 2. The molecule has 0 unspecified atom stereocenters. The van der Waals surface area contributed by atoms with Crippen LogP contribution in [0.1, 0.15) is 12.0 Å². The molecule has 0 saturated carbocycles. The van der Waals surface area contributed by atoms with E-state index in [1.165, 1.54) is 0 Å². The third-order valence-electron chi connectivity index (χ3n) is 5.36. The summed E-state index contributed by atoms with van der Waals surface area (Å²) in [5.74, 6) is -0.472. The van der Waals surface area contributed by atoms with E-state index in [0.29, 0.717) is 19.8 Å². The molecule has 28 heavy (non-hydrogen) atoms. The molecule has 2 heterocycles. The van der Waals surface area contributed by atoms with Gasteiger partial charge in [-0.05, 0) is 31.2 Å². The van der Waals surface area contributed by atoms with E-state index in [0.717, 1.165) is 35.7 Å². The molecule has 0 aromatic heterocycles. The summed E-state index contributed by atoms with van der Waals surface area (Å²) in [5, 5.41) is 3.05. The summed E-state index contributed by atoms with van der Waals surface area (Å²) in [6.07, 6.45) is 0.236. The molecule has 146 valence electrons. The summed E-state index contributed by atoms with van der Waals surface area (Å²) in [6, 6.07) is 15.6. The van der Waals surface area contributed by atoms with Gasteiger partial charge in [0.15, 0.2) is 0 Å². The first-order valence-electron chi connectivity index (χ1n) is 9.71. The summed E-state index contributed by atoms with van der Waals surface area (Å²) in [4.78, 5) is 29.3. The molecular weight excluding hydrogens is 354 g/mol. The predicted molar refractivity (Wildman–Crippen MR) is 110 cm³/mol. The van der Waals surface area contributed by atoms with Crippen LogP contribution in [0.15, 0.2) is 48.5 Å². The fourth-order valence-corrected chi connectivity index (χ4v) is 3.75. The lowest BCUT2D eigenvalue weighted by Gasteiger charge is -2.30. The van der Waals surface area contributed by atoms with Gasteiger partial charge < -0.3 is 19.9 Å². The number of hydrogen-bond acceptors (Lipinski definition) is 4. The number of ether oxygens (including phenoxy) is 1. The Morgan fingerprint density at radius 1 is 1.07 bits per heavy atom. The van der Waals surface area contributed by atoms with E-state index in [1.807, 2.05) is 55.5 Å². The summed E-state index contributed by atoms with van der Waals surface area (Å²) in [5.41, 5.74) is 3.78. The zero-order chi connectivity index (χ0) is 19.5. The molecular formula is C22H25N3O3. The zero-order valence-electron chi connectivity index (χ0n) is 16.1. The number of carbonyl (C=O) groups excluding carboxylic acids is 2. The van der Waals surface area contributed by atoms with E-state index in [9.17, 15) is 9.59 Å². The lowest BCUT2D eigenvalue weighted by atomic mass is 10.1. The second-order valence-corrected chi connectivity index (χ2v) is 7.35. The molecule has 2 saturated heterocycles. The molecule has 0 bridgehead atoms. The van der Waals surface area contributed by atoms with Gasteiger partial charge in [0, 0.05) is 31.7 Å². The van der Waals surface area contributed by atoms with Crippen molar-refractivity contribution in [3.63, 3.8) is 0 Å². The largest absolute Gasteiger partial charge is 0.378 e. The Morgan fingerprint density at radius 3 is 2.54 bits per heavy atom. The first-order valence-corrected chi connectivity index (χ1v) is 9.71. The molecule has 2 aromatic carbocycles. The molecule has 1 N–H and O–H groups in total. The van der Waals surface area contributed by atoms with Crippen LogP contribution in [0.5, 0.6) is 0 Å². The summed E-state index contributed by atoms with van der Waals surface area (Å²) in [6.45, 7) is 5.40. The van der Waals surface area contributed by atoms with Gasteiger partial charge in [-0.1, -0.05) is 29.8 Å². The highest BCUT2D eigenvalue weighted by Gasteiger charge is 2.35. The van der Waals surface area contributed by atoms with Crippen molar-refractivity contribution in [1.82, 2.24) is 0 Å². The highest BCUT2D eigenvalue weighted by atomic mass is 16.5. The molecule has 2 fully saturated rings. The van der Waals surface area contributed by atoms with Crippen molar-refractivity contribution in [3.8, 4) is 0 Å². The molecule has 1 atom stereocenters. The maximum Gasteiger partial charge on any atom is 0.229 e. The highest BCUT2D eigenvalue weighted by Crippen LogP contribution is 2.29. The fourth-order valence-electron chi connectivity index (χ4n) is 3.75. The number of carbonyl (C=O) groups is 2. The lowest BCUT2D eigenvalue weighted by Crippen LogP contribution is -2.37. The number of aryl methyl sites for hydroxylation is 1. The van der Waals surface area contributed by atoms with E-state index in [2.05, 4.69) is 10.2 Å². The Balaban J connectivity index is 1.46. The average Bonchev–Trinajstić information content (AvgIpc) is 3.11. The summed E-state index contributed by atoms with van der Waals surface area (Å²) >= 11 is 0. The Bertz CT molecular complexity index is 860. The quantitative estimate of drug-likeness (QED) is 0.887. The van der Waals surface area contributed by atoms with Crippen molar-refractivity contribution in [2.24, 2.45) is 5.92 Å². The number of anilines is 3. The van der Waals surface area contributed by atoms with Crippen LogP contribution in [-0.4, -0.2) is 44.7 Å².